The van der Waals surface area contributed by atoms with Crippen molar-refractivity contribution in [1.29, 1.82) is 0 Å². The van der Waals surface area contributed by atoms with Crippen LogP contribution in [-0.2, 0) is 20.9 Å². The minimum atomic E-state index is -5.08. The van der Waals surface area contributed by atoms with Gasteiger partial charge in [0.1, 0.15) is 0 Å². The first-order valence-electron chi connectivity index (χ1n) is 9.15. The summed E-state index contributed by atoms with van der Waals surface area (Å²) in [7, 11) is 0. The van der Waals surface area contributed by atoms with Gasteiger partial charge in [0.2, 0.25) is 0 Å². The topological polar surface area (TPSA) is 100.0 Å². The summed E-state index contributed by atoms with van der Waals surface area (Å²) in [5, 5.41) is 14.2. The van der Waals surface area contributed by atoms with E-state index in [2.05, 4.69) is 40.7 Å². The Balaban J connectivity index is 0.000000305. The Bertz CT molecular complexity index is 718. The molecule has 0 bridgehead atoms. The molecule has 32 heavy (non-hydrogen) atoms. The van der Waals surface area contributed by atoms with Gasteiger partial charge >= 0.3 is 24.3 Å². The second-order valence-electron chi connectivity index (χ2n) is 6.88. The van der Waals surface area contributed by atoms with Crippen LogP contribution in [0.1, 0.15) is 18.9 Å². The average Bonchev–Trinajstić information content (AvgIpc) is 3.06. The normalized spacial score (nSPS) is 19.8. The fourth-order valence-electron chi connectivity index (χ4n) is 2.99. The first-order chi connectivity index (χ1) is 14.7. The third kappa shape index (κ3) is 9.61. The Morgan fingerprint density at radius 1 is 1.12 bits per heavy atom. The molecule has 2 aliphatic rings. The molecular formula is C18H22F6N2O5S. The van der Waals surface area contributed by atoms with Crippen molar-refractivity contribution in [1.82, 2.24) is 9.88 Å². The molecule has 0 radical (unpaired) electrons. The number of alkyl halides is 6. The Labute approximate surface area is 183 Å². The molecule has 2 N–H and O–H groups in total. The molecule has 182 valence electrons. The number of ether oxygens (including phenoxy) is 1. The fourth-order valence-corrected chi connectivity index (χ4v) is 4.60. The van der Waals surface area contributed by atoms with E-state index in [0.717, 1.165) is 13.2 Å². The molecule has 1 spiro atoms. The van der Waals surface area contributed by atoms with Crippen LogP contribution < -0.4 is 0 Å². The summed E-state index contributed by atoms with van der Waals surface area (Å²) in [5.74, 6) is -4.34. The van der Waals surface area contributed by atoms with E-state index in [4.69, 9.17) is 24.5 Å². The fraction of sp³-hybridized carbons (Fsp3) is 0.611. The zero-order chi connectivity index (χ0) is 24.6. The number of carboxylic acid groups (broad SMARTS) is 2. The summed E-state index contributed by atoms with van der Waals surface area (Å²) < 4.78 is 69.7. The number of aliphatic carboxylic acids is 2. The number of rotatable bonds is 4. The van der Waals surface area contributed by atoms with E-state index in [9.17, 15) is 26.3 Å². The highest BCUT2D eigenvalue weighted by Gasteiger charge is 2.49. The number of pyridine rings is 1. The Kier molecular flexibility index (Phi) is 10.2. The standard InChI is InChI=1S/C14H20N2OS.2C2HF3O2/c1-2-17-13-7-14(18-9-13)10-16(11-14)8-12-3-5-15-6-4-12;2*3-2(4,5)1(6)7/h3-6,13H,2,7-11H2,1H3;2*(H,6,7). The predicted octanol–water partition coefficient (Wildman–Crippen LogP) is 3.44. The van der Waals surface area contributed by atoms with E-state index in [0.29, 0.717) is 10.9 Å². The molecule has 0 aliphatic carbocycles. The minimum Gasteiger partial charge on any atom is -0.475 e. The van der Waals surface area contributed by atoms with E-state index in [-0.39, 0.29) is 0 Å². The van der Waals surface area contributed by atoms with Crippen molar-refractivity contribution in [3.63, 3.8) is 0 Å². The number of thioether (sulfide) groups is 1. The number of hydrogen-bond acceptors (Lipinski definition) is 6. The lowest BCUT2D eigenvalue weighted by Gasteiger charge is -2.47. The Morgan fingerprint density at radius 2 is 1.59 bits per heavy atom. The van der Waals surface area contributed by atoms with Crippen LogP contribution >= 0.6 is 11.8 Å². The van der Waals surface area contributed by atoms with Crippen LogP contribution in [0.2, 0.25) is 0 Å². The number of halogens is 6. The predicted molar refractivity (Wildman–Crippen MR) is 102 cm³/mol. The first-order valence-corrected chi connectivity index (χ1v) is 10.1. The van der Waals surface area contributed by atoms with Crippen molar-refractivity contribution in [2.75, 3.05) is 25.4 Å². The third-order valence-corrected chi connectivity index (χ3v) is 5.82. The Morgan fingerprint density at radius 3 is 2.00 bits per heavy atom. The maximum atomic E-state index is 10.6. The maximum Gasteiger partial charge on any atom is 0.490 e. The van der Waals surface area contributed by atoms with E-state index in [1.807, 2.05) is 12.4 Å². The Hall–Kier alpha value is -2.06. The molecule has 14 heteroatoms. The van der Waals surface area contributed by atoms with Crippen molar-refractivity contribution in [3.05, 3.63) is 30.1 Å². The van der Waals surface area contributed by atoms with Crippen molar-refractivity contribution < 1.29 is 50.9 Å². The molecule has 1 unspecified atom stereocenters. The van der Waals surface area contributed by atoms with Gasteiger partial charge in [0.05, 0.1) is 6.10 Å². The molecule has 0 saturated carbocycles. The van der Waals surface area contributed by atoms with Crippen LogP contribution in [0.15, 0.2) is 24.5 Å². The largest absolute Gasteiger partial charge is 0.490 e. The van der Waals surface area contributed by atoms with Crippen LogP contribution in [-0.4, -0.2) is 80.7 Å². The lowest BCUT2D eigenvalue weighted by Crippen LogP contribution is -2.58. The number of hydrogen-bond donors (Lipinski definition) is 2. The molecule has 2 saturated heterocycles. The second kappa shape index (κ2) is 11.7. The molecule has 1 atom stereocenters. The molecule has 2 aliphatic heterocycles. The highest BCUT2D eigenvalue weighted by atomic mass is 32.2. The van der Waals surface area contributed by atoms with Gasteiger partial charge in [-0.15, -0.1) is 11.8 Å². The molecule has 2 fully saturated rings. The molecule has 3 rings (SSSR count). The van der Waals surface area contributed by atoms with E-state index >= 15 is 0 Å². The first kappa shape index (κ1) is 28.0. The molecule has 1 aromatic heterocycles. The summed E-state index contributed by atoms with van der Waals surface area (Å²) in [6, 6.07) is 4.21. The van der Waals surface area contributed by atoms with Crippen LogP contribution in [0, 0.1) is 0 Å². The minimum absolute atomic E-state index is 0.489. The maximum absolute atomic E-state index is 10.6. The average molecular weight is 492 g/mol. The smallest absolute Gasteiger partial charge is 0.475 e. The van der Waals surface area contributed by atoms with Gasteiger partial charge in [-0.1, -0.05) is 0 Å². The second-order valence-corrected chi connectivity index (χ2v) is 8.37. The molecule has 0 amide bonds. The van der Waals surface area contributed by atoms with Gasteiger partial charge in [-0.3, -0.25) is 9.88 Å². The van der Waals surface area contributed by atoms with Gasteiger partial charge < -0.3 is 14.9 Å². The highest BCUT2D eigenvalue weighted by molar-refractivity contribution is 8.01. The van der Waals surface area contributed by atoms with Crippen molar-refractivity contribution in [3.8, 4) is 0 Å². The van der Waals surface area contributed by atoms with E-state index in [1.54, 1.807) is 0 Å². The summed E-state index contributed by atoms with van der Waals surface area (Å²) in [6.07, 6.45) is -4.69. The molecule has 7 nitrogen and oxygen atoms in total. The number of nitrogens with zero attached hydrogens (tertiary/aromatic N) is 2. The van der Waals surface area contributed by atoms with Crippen molar-refractivity contribution in [2.45, 2.75) is 43.1 Å². The van der Waals surface area contributed by atoms with Gasteiger partial charge in [-0.05, 0) is 31.0 Å². The number of carbonyl (C=O) groups is 2. The lowest BCUT2D eigenvalue weighted by molar-refractivity contribution is -0.193. The highest BCUT2D eigenvalue weighted by Crippen LogP contribution is 2.46. The third-order valence-electron chi connectivity index (χ3n) is 4.24. The monoisotopic (exact) mass is 492 g/mol. The van der Waals surface area contributed by atoms with E-state index in [1.165, 1.54) is 30.8 Å². The van der Waals surface area contributed by atoms with Gasteiger partial charge in [0.25, 0.3) is 0 Å². The van der Waals surface area contributed by atoms with Crippen LogP contribution in [0.3, 0.4) is 0 Å². The number of carboxylic acids is 2. The summed E-state index contributed by atoms with van der Waals surface area (Å²) in [4.78, 5) is 24.4. The van der Waals surface area contributed by atoms with Crippen LogP contribution in [0.5, 0.6) is 0 Å². The molecule has 3 heterocycles. The quantitative estimate of drug-likeness (QED) is 0.617. The van der Waals surface area contributed by atoms with Gasteiger partial charge in [-0.2, -0.15) is 26.3 Å². The number of likely N-dealkylation sites (tertiary alicyclic amines) is 1. The molecule has 1 aromatic rings. The van der Waals surface area contributed by atoms with Gasteiger partial charge in [0, 0.05) is 49.1 Å². The van der Waals surface area contributed by atoms with Crippen LogP contribution in [0.25, 0.3) is 0 Å². The molecule has 0 aromatic carbocycles. The summed E-state index contributed by atoms with van der Waals surface area (Å²) in [6.45, 7) is 6.42. The SMILES string of the molecule is CCOC1CSC2(C1)CN(Cc1ccncc1)C2.O=C(O)C(F)(F)F.O=C(O)C(F)(F)F. The number of aromatic nitrogens is 1. The van der Waals surface area contributed by atoms with E-state index < -0.39 is 24.3 Å². The zero-order valence-corrected chi connectivity index (χ0v) is 17.6. The van der Waals surface area contributed by atoms with Gasteiger partial charge in [0.15, 0.2) is 0 Å². The van der Waals surface area contributed by atoms with Crippen LogP contribution in [0.4, 0.5) is 26.3 Å². The lowest BCUT2D eigenvalue weighted by atomic mass is 9.92. The van der Waals surface area contributed by atoms with Crippen molar-refractivity contribution >= 4 is 23.7 Å². The van der Waals surface area contributed by atoms with Crippen molar-refractivity contribution in [2.24, 2.45) is 0 Å². The summed E-state index contributed by atoms with van der Waals surface area (Å²) in [5.41, 5.74) is 1.37. The molecular weight excluding hydrogens is 470 g/mol. The van der Waals surface area contributed by atoms with Gasteiger partial charge in [-0.25, -0.2) is 9.59 Å². The summed E-state index contributed by atoms with van der Waals surface area (Å²) >= 11 is 2.11. The zero-order valence-electron chi connectivity index (χ0n) is 16.8.